The summed E-state index contributed by atoms with van der Waals surface area (Å²) in [6.45, 7) is 53.7. The Kier molecular flexibility index (Phi) is 27.4. The Balaban J connectivity index is 5.67. The number of rotatable bonds is 33. The van der Waals surface area contributed by atoms with Crippen LogP contribution in [-0.2, 0) is 19.2 Å². The Hall–Kier alpha value is -2.28. The lowest BCUT2D eigenvalue weighted by atomic mass is 9.76. The Morgan fingerprint density at radius 1 is 0.303 bits per heavy atom. The number of hydrogen-bond acceptors (Lipinski definition) is 8. The first kappa shape index (κ1) is 63.7. The van der Waals surface area contributed by atoms with E-state index in [0.29, 0.717) is 91.1 Å². The second-order valence-corrected chi connectivity index (χ2v) is 27.9. The summed E-state index contributed by atoms with van der Waals surface area (Å²) in [5.41, 5.74) is 0.701. The van der Waals surface area contributed by atoms with Crippen molar-refractivity contribution in [2.75, 3.05) is 91.6 Å². The summed E-state index contributed by atoms with van der Waals surface area (Å²) in [6, 6.07) is 0. The SMILES string of the molecule is CC(C)(C)CC(C)(C)CNC(=O)CCNCCNCCN(CCC(=O)NCC(C)(C)CC(C)(C)C)CCN(CCC(=O)NCC(C)(C)CC(C)(C)C)CCC(=O)NCC(C)(C)CC(C)(C)C. The molecule has 4 amide bonds. The molecular weight excluding hydrogens is 825 g/mol. The number of carbonyl (C=O) groups is 4. The van der Waals surface area contributed by atoms with Crippen molar-refractivity contribution in [3.8, 4) is 0 Å². The molecule has 0 heterocycles. The monoisotopic (exact) mass is 935 g/mol. The van der Waals surface area contributed by atoms with Gasteiger partial charge in [-0.15, -0.1) is 0 Å². The van der Waals surface area contributed by atoms with Gasteiger partial charge in [-0.05, 0) is 69.0 Å². The standard InChI is InChI=1S/C54H110N8O4/c1-47(2,3)35-51(13,14)39-57-43(63)21-25-55-26-27-56-28-32-62(31-24-46(66)60-42-54(19,20)38-50(10,11)12)34-33-61(29-22-44(64)58-40-52(15,16)36-48(4,5)6)30-23-45(65)59-41-53(17,18)37-49(7,8)9/h55-56H,21-42H2,1-20H3,(H,57,63)(H,58,64)(H,59,65)(H,60,66). The van der Waals surface area contributed by atoms with Crippen LogP contribution in [0.15, 0.2) is 0 Å². The number of hydrogen-bond donors (Lipinski definition) is 6. The highest BCUT2D eigenvalue weighted by atomic mass is 16.2. The highest BCUT2D eigenvalue weighted by molar-refractivity contribution is 5.77. The first-order valence-electron chi connectivity index (χ1n) is 25.7. The van der Waals surface area contributed by atoms with Gasteiger partial charge in [-0.3, -0.25) is 19.2 Å². The van der Waals surface area contributed by atoms with E-state index in [1.807, 2.05) is 0 Å². The van der Waals surface area contributed by atoms with Gasteiger partial charge in [0.05, 0.1) is 0 Å². The number of amides is 4. The summed E-state index contributed by atoms with van der Waals surface area (Å²) in [4.78, 5) is 56.9. The quantitative estimate of drug-likeness (QED) is 0.0359. The van der Waals surface area contributed by atoms with Gasteiger partial charge in [-0.1, -0.05) is 138 Å². The molecule has 0 fully saturated rings. The smallest absolute Gasteiger partial charge is 0.221 e. The first-order chi connectivity index (χ1) is 29.8. The molecule has 0 saturated heterocycles. The van der Waals surface area contributed by atoms with E-state index < -0.39 is 0 Å². The zero-order chi connectivity index (χ0) is 51.3. The molecule has 0 saturated carbocycles. The molecule has 0 atom stereocenters. The molecule has 0 spiro atoms. The molecule has 0 aliphatic heterocycles. The average Bonchev–Trinajstić information content (AvgIpc) is 3.10. The fourth-order valence-corrected chi connectivity index (χ4v) is 10.3. The second kappa shape index (κ2) is 28.4. The van der Waals surface area contributed by atoms with E-state index in [-0.39, 0.29) is 66.9 Å². The van der Waals surface area contributed by atoms with Crippen molar-refractivity contribution in [3.05, 3.63) is 0 Å². The van der Waals surface area contributed by atoms with Crippen molar-refractivity contribution in [1.29, 1.82) is 0 Å². The maximum atomic E-state index is 13.3. The molecule has 0 aromatic heterocycles. The van der Waals surface area contributed by atoms with E-state index >= 15 is 0 Å². The third kappa shape index (κ3) is 38.7. The van der Waals surface area contributed by atoms with Gasteiger partial charge in [0, 0.05) is 117 Å². The van der Waals surface area contributed by atoms with Gasteiger partial charge in [0.15, 0.2) is 0 Å². The number of nitrogens with zero attached hydrogens (tertiary/aromatic N) is 2. The lowest BCUT2D eigenvalue weighted by molar-refractivity contribution is -0.123. The van der Waals surface area contributed by atoms with Crippen molar-refractivity contribution >= 4 is 23.6 Å². The van der Waals surface area contributed by atoms with Crippen LogP contribution in [0.1, 0.15) is 190 Å². The summed E-state index contributed by atoms with van der Waals surface area (Å²) in [5, 5.41) is 19.7. The molecule has 0 rings (SSSR count). The molecule has 0 aromatic carbocycles. The van der Waals surface area contributed by atoms with E-state index in [0.717, 1.165) is 51.9 Å². The lowest BCUT2D eigenvalue weighted by Gasteiger charge is -2.33. The number of carbonyl (C=O) groups excluding carboxylic acids is 4. The van der Waals surface area contributed by atoms with Gasteiger partial charge >= 0.3 is 0 Å². The van der Waals surface area contributed by atoms with E-state index in [1.165, 1.54) is 0 Å². The molecule has 0 aliphatic carbocycles. The molecule has 0 aliphatic rings. The van der Waals surface area contributed by atoms with E-state index in [2.05, 4.69) is 180 Å². The predicted molar refractivity (Wildman–Crippen MR) is 281 cm³/mol. The zero-order valence-electron chi connectivity index (χ0n) is 47.1. The number of nitrogens with one attached hydrogen (secondary N) is 6. The molecule has 0 unspecified atom stereocenters. The van der Waals surface area contributed by atoms with Crippen molar-refractivity contribution < 1.29 is 19.2 Å². The minimum Gasteiger partial charge on any atom is -0.356 e. The van der Waals surface area contributed by atoms with Gasteiger partial charge < -0.3 is 41.7 Å². The van der Waals surface area contributed by atoms with E-state index in [9.17, 15) is 19.2 Å². The van der Waals surface area contributed by atoms with Crippen LogP contribution in [0.2, 0.25) is 0 Å². The molecule has 12 heteroatoms. The largest absolute Gasteiger partial charge is 0.356 e. The highest BCUT2D eigenvalue weighted by Gasteiger charge is 2.29. The van der Waals surface area contributed by atoms with Gasteiger partial charge in [0.25, 0.3) is 0 Å². The maximum absolute atomic E-state index is 13.3. The summed E-state index contributed by atoms with van der Waals surface area (Å²) in [5.74, 6) is 0.175. The molecule has 12 nitrogen and oxygen atoms in total. The average molecular weight is 936 g/mol. The van der Waals surface area contributed by atoms with Crippen LogP contribution in [-0.4, -0.2) is 125 Å². The van der Waals surface area contributed by atoms with Gasteiger partial charge in [0.1, 0.15) is 0 Å². The fourth-order valence-electron chi connectivity index (χ4n) is 10.3. The third-order valence-corrected chi connectivity index (χ3v) is 11.4. The Morgan fingerprint density at radius 2 is 0.545 bits per heavy atom. The van der Waals surface area contributed by atoms with Gasteiger partial charge in [0.2, 0.25) is 23.6 Å². The van der Waals surface area contributed by atoms with Gasteiger partial charge in [-0.25, -0.2) is 0 Å². The molecule has 0 radical (unpaired) electrons. The first-order valence-corrected chi connectivity index (χ1v) is 25.7. The Labute approximate surface area is 408 Å². The minimum atomic E-state index is -0.0224. The molecule has 66 heavy (non-hydrogen) atoms. The Morgan fingerprint density at radius 3 is 0.818 bits per heavy atom. The summed E-state index contributed by atoms with van der Waals surface area (Å²) in [6.07, 6.45) is 5.57. The molecular formula is C54H110N8O4. The van der Waals surface area contributed by atoms with Crippen LogP contribution in [0.3, 0.4) is 0 Å². The van der Waals surface area contributed by atoms with Crippen molar-refractivity contribution in [1.82, 2.24) is 41.7 Å². The Bertz CT molecular complexity index is 1360. The van der Waals surface area contributed by atoms with Crippen molar-refractivity contribution in [2.45, 2.75) is 190 Å². The van der Waals surface area contributed by atoms with Crippen molar-refractivity contribution in [2.24, 2.45) is 43.3 Å². The topological polar surface area (TPSA) is 147 Å². The zero-order valence-corrected chi connectivity index (χ0v) is 47.1. The normalized spacial score (nSPS) is 13.6. The third-order valence-electron chi connectivity index (χ3n) is 11.4. The van der Waals surface area contributed by atoms with Crippen LogP contribution in [0.4, 0.5) is 0 Å². The predicted octanol–water partition coefficient (Wildman–Crippen LogP) is 8.64. The molecule has 390 valence electrons. The highest BCUT2D eigenvalue weighted by Crippen LogP contribution is 2.35. The van der Waals surface area contributed by atoms with Crippen LogP contribution in [0.5, 0.6) is 0 Å². The van der Waals surface area contributed by atoms with E-state index in [4.69, 9.17) is 0 Å². The lowest BCUT2D eigenvalue weighted by Crippen LogP contribution is -2.44. The summed E-state index contributed by atoms with van der Waals surface area (Å²) < 4.78 is 0. The summed E-state index contributed by atoms with van der Waals surface area (Å²) >= 11 is 0. The molecule has 0 bridgehead atoms. The maximum Gasteiger partial charge on any atom is 0.221 e. The van der Waals surface area contributed by atoms with Crippen LogP contribution in [0, 0.1) is 43.3 Å². The van der Waals surface area contributed by atoms with Gasteiger partial charge in [-0.2, -0.15) is 0 Å². The van der Waals surface area contributed by atoms with Crippen molar-refractivity contribution in [3.63, 3.8) is 0 Å². The van der Waals surface area contributed by atoms with E-state index in [1.54, 1.807) is 0 Å². The fraction of sp³-hybridized carbons (Fsp3) is 0.926. The minimum absolute atomic E-state index is 0.0118. The summed E-state index contributed by atoms with van der Waals surface area (Å²) in [7, 11) is 0. The van der Waals surface area contributed by atoms with Crippen LogP contribution >= 0.6 is 0 Å². The molecule has 0 aromatic rings. The van der Waals surface area contributed by atoms with Crippen LogP contribution in [0.25, 0.3) is 0 Å². The second-order valence-electron chi connectivity index (χ2n) is 27.9. The van der Waals surface area contributed by atoms with Crippen LogP contribution < -0.4 is 31.9 Å². The molecule has 6 N–H and O–H groups in total.